The maximum absolute atomic E-state index is 4.74. The molecular formula is C17H16BrN3. The first-order valence-electron chi connectivity index (χ1n) is 6.88. The van der Waals surface area contributed by atoms with Crippen LogP contribution in [-0.2, 0) is 6.42 Å². The summed E-state index contributed by atoms with van der Waals surface area (Å²) in [5.41, 5.74) is 3.27. The molecular weight excluding hydrogens is 326 g/mol. The van der Waals surface area contributed by atoms with E-state index in [1.54, 1.807) is 6.20 Å². The molecule has 1 N–H and O–H groups in total. The Labute approximate surface area is 132 Å². The van der Waals surface area contributed by atoms with Crippen molar-refractivity contribution in [3.05, 3.63) is 70.6 Å². The number of para-hydroxylation sites is 1. The number of likely N-dealkylation sites (N-methyl/N-ethyl adjacent to an activating group) is 1. The summed E-state index contributed by atoms with van der Waals surface area (Å²) in [5, 5.41) is 4.51. The van der Waals surface area contributed by atoms with Crippen LogP contribution in [0.5, 0.6) is 0 Å². The van der Waals surface area contributed by atoms with Gasteiger partial charge in [0, 0.05) is 40.4 Å². The lowest BCUT2D eigenvalue weighted by Gasteiger charge is -2.16. The number of aromatic nitrogens is 2. The lowest BCUT2D eigenvalue weighted by Crippen LogP contribution is -2.19. The molecule has 3 aromatic rings. The minimum Gasteiger partial charge on any atom is -0.313 e. The number of benzene rings is 1. The van der Waals surface area contributed by atoms with Crippen LogP contribution in [0.2, 0.25) is 0 Å². The Bertz CT molecular complexity index is 758. The molecule has 0 aliphatic rings. The summed E-state index contributed by atoms with van der Waals surface area (Å²) >= 11 is 3.47. The monoisotopic (exact) mass is 341 g/mol. The van der Waals surface area contributed by atoms with Crippen LogP contribution in [0.15, 0.2) is 59.3 Å². The van der Waals surface area contributed by atoms with Gasteiger partial charge in [0.25, 0.3) is 0 Å². The Kier molecular flexibility index (Phi) is 4.27. The molecule has 0 aliphatic heterocycles. The van der Waals surface area contributed by atoms with Gasteiger partial charge in [-0.15, -0.1) is 0 Å². The lowest BCUT2D eigenvalue weighted by molar-refractivity contribution is 0.583. The molecule has 0 spiro atoms. The quantitative estimate of drug-likeness (QED) is 0.782. The summed E-state index contributed by atoms with van der Waals surface area (Å²) in [7, 11) is 1.96. The van der Waals surface area contributed by atoms with Crippen molar-refractivity contribution in [2.75, 3.05) is 7.05 Å². The van der Waals surface area contributed by atoms with Crippen LogP contribution in [-0.4, -0.2) is 17.0 Å². The number of halogens is 1. The molecule has 0 fully saturated rings. The van der Waals surface area contributed by atoms with E-state index in [1.165, 1.54) is 5.39 Å². The van der Waals surface area contributed by atoms with Gasteiger partial charge in [0.05, 0.1) is 5.52 Å². The second kappa shape index (κ2) is 6.33. The molecule has 4 heteroatoms. The lowest BCUT2D eigenvalue weighted by atomic mass is 10.0. The number of fused-ring (bicyclic) bond motifs is 1. The summed E-state index contributed by atoms with van der Waals surface area (Å²) in [5.74, 6) is 0. The van der Waals surface area contributed by atoms with Gasteiger partial charge in [0.1, 0.15) is 0 Å². The van der Waals surface area contributed by atoms with Crippen LogP contribution in [0.25, 0.3) is 10.9 Å². The second-order valence-corrected chi connectivity index (χ2v) is 5.89. The van der Waals surface area contributed by atoms with Crippen molar-refractivity contribution in [1.82, 2.24) is 15.3 Å². The third-order valence-corrected chi connectivity index (χ3v) is 3.98. The molecule has 1 aromatic carbocycles. The van der Waals surface area contributed by atoms with E-state index in [1.807, 2.05) is 31.4 Å². The highest BCUT2D eigenvalue weighted by Crippen LogP contribution is 2.21. The van der Waals surface area contributed by atoms with Gasteiger partial charge in [-0.1, -0.05) is 24.3 Å². The average molecular weight is 342 g/mol. The zero-order chi connectivity index (χ0) is 14.7. The standard InChI is InChI=1S/C17H16BrN3/c1-19-17(13-8-14(18)11-20-10-13)9-15-7-6-12-4-2-3-5-16(12)21-15/h2-8,10-11,17,19H,9H2,1H3. The van der Waals surface area contributed by atoms with E-state index >= 15 is 0 Å². The predicted molar refractivity (Wildman–Crippen MR) is 89.2 cm³/mol. The molecule has 2 aromatic heterocycles. The van der Waals surface area contributed by atoms with E-state index in [2.05, 4.69) is 50.5 Å². The number of hydrogen-bond acceptors (Lipinski definition) is 3. The number of rotatable bonds is 4. The Morgan fingerprint density at radius 1 is 1.14 bits per heavy atom. The number of hydrogen-bond donors (Lipinski definition) is 1. The van der Waals surface area contributed by atoms with E-state index in [4.69, 9.17) is 4.98 Å². The molecule has 2 heterocycles. The number of nitrogens with zero attached hydrogens (tertiary/aromatic N) is 2. The highest BCUT2D eigenvalue weighted by Gasteiger charge is 2.12. The van der Waals surface area contributed by atoms with Crippen molar-refractivity contribution < 1.29 is 0 Å². The Morgan fingerprint density at radius 3 is 2.81 bits per heavy atom. The number of pyridine rings is 2. The first-order chi connectivity index (χ1) is 10.3. The van der Waals surface area contributed by atoms with Crippen LogP contribution >= 0.6 is 15.9 Å². The molecule has 3 nitrogen and oxygen atoms in total. The van der Waals surface area contributed by atoms with Gasteiger partial charge in [-0.05, 0) is 46.7 Å². The van der Waals surface area contributed by atoms with Crippen molar-refractivity contribution in [3.8, 4) is 0 Å². The van der Waals surface area contributed by atoms with Gasteiger partial charge in [-0.3, -0.25) is 9.97 Å². The van der Waals surface area contributed by atoms with Crippen LogP contribution in [0.1, 0.15) is 17.3 Å². The van der Waals surface area contributed by atoms with Crippen LogP contribution in [0.3, 0.4) is 0 Å². The van der Waals surface area contributed by atoms with Gasteiger partial charge in [0.15, 0.2) is 0 Å². The second-order valence-electron chi connectivity index (χ2n) is 4.98. The van der Waals surface area contributed by atoms with Crippen LogP contribution in [0.4, 0.5) is 0 Å². The van der Waals surface area contributed by atoms with E-state index in [9.17, 15) is 0 Å². The molecule has 3 rings (SSSR count). The molecule has 0 amide bonds. The van der Waals surface area contributed by atoms with E-state index < -0.39 is 0 Å². The molecule has 1 atom stereocenters. The molecule has 21 heavy (non-hydrogen) atoms. The van der Waals surface area contributed by atoms with Gasteiger partial charge in [-0.25, -0.2) is 0 Å². The predicted octanol–water partition coefficient (Wildman–Crippen LogP) is 3.90. The van der Waals surface area contributed by atoms with Crippen molar-refractivity contribution in [2.45, 2.75) is 12.5 Å². The fourth-order valence-corrected chi connectivity index (χ4v) is 2.82. The third kappa shape index (κ3) is 3.28. The van der Waals surface area contributed by atoms with Crippen LogP contribution < -0.4 is 5.32 Å². The smallest absolute Gasteiger partial charge is 0.0705 e. The third-order valence-electron chi connectivity index (χ3n) is 3.55. The fraction of sp³-hybridized carbons (Fsp3) is 0.176. The topological polar surface area (TPSA) is 37.8 Å². The van der Waals surface area contributed by atoms with E-state index in [0.29, 0.717) is 0 Å². The zero-order valence-electron chi connectivity index (χ0n) is 11.8. The van der Waals surface area contributed by atoms with Crippen molar-refractivity contribution in [2.24, 2.45) is 0 Å². The SMILES string of the molecule is CNC(Cc1ccc2ccccc2n1)c1cncc(Br)c1. The molecule has 1 unspecified atom stereocenters. The summed E-state index contributed by atoms with van der Waals surface area (Å²) in [6, 6.07) is 14.7. The summed E-state index contributed by atoms with van der Waals surface area (Å²) in [6.07, 6.45) is 4.52. The number of nitrogens with one attached hydrogen (secondary N) is 1. The maximum Gasteiger partial charge on any atom is 0.0705 e. The van der Waals surface area contributed by atoms with Crippen LogP contribution in [0, 0.1) is 0 Å². The highest BCUT2D eigenvalue weighted by atomic mass is 79.9. The largest absolute Gasteiger partial charge is 0.313 e. The van der Waals surface area contributed by atoms with Crippen molar-refractivity contribution in [1.29, 1.82) is 0 Å². The first-order valence-corrected chi connectivity index (χ1v) is 7.68. The maximum atomic E-state index is 4.74. The Hall–Kier alpha value is -1.78. The highest BCUT2D eigenvalue weighted by molar-refractivity contribution is 9.10. The average Bonchev–Trinajstić information content (AvgIpc) is 2.52. The summed E-state index contributed by atoms with van der Waals surface area (Å²) in [6.45, 7) is 0. The molecule has 106 valence electrons. The molecule has 0 radical (unpaired) electrons. The molecule has 0 bridgehead atoms. The van der Waals surface area contributed by atoms with Crippen molar-refractivity contribution >= 4 is 26.8 Å². The van der Waals surface area contributed by atoms with E-state index in [-0.39, 0.29) is 6.04 Å². The summed E-state index contributed by atoms with van der Waals surface area (Å²) < 4.78 is 0.992. The van der Waals surface area contributed by atoms with Gasteiger partial charge >= 0.3 is 0 Å². The van der Waals surface area contributed by atoms with Crippen molar-refractivity contribution in [3.63, 3.8) is 0 Å². The molecule has 0 saturated carbocycles. The van der Waals surface area contributed by atoms with Gasteiger partial charge < -0.3 is 5.32 Å². The van der Waals surface area contributed by atoms with Gasteiger partial charge in [0.2, 0.25) is 0 Å². The Balaban J connectivity index is 1.88. The fourth-order valence-electron chi connectivity index (χ4n) is 2.44. The normalized spacial score (nSPS) is 12.5. The molecule has 0 aliphatic carbocycles. The first kappa shape index (κ1) is 14.2. The Morgan fingerprint density at radius 2 is 2.00 bits per heavy atom. The minimum atomic E-state index is 0.198. The van der Waals surface area contributed by atoms with Gasteiger partial charge in [-0.2, -0.15) is 0 Å². The minimum absolute atomic E-state index is 0.198. The molecule has 0 saturated heterocycles. The van der Waals surface area contributed by atoms with E-state index in [0.717, 1.165) is 27.7 Å². The zero-order valence-corrected chi connectivity index (χ0v) is 13.3. The summed E-state index contributed by atoms with van der Waals surface area (Å²) in [4.78, 5) is 8.98.